The van der Waals surface area contributed by atoms with Crippen LogP contribution in [0.2, 0.25) is 0 Å². The molecular weight excluding hydrogens is 230 g/mol. The summed E-state index contributed by atoms with van der Waals surface area (Å²) in [5, 5.41) is 0. The molecule has 0 aliphatic carbocycles. The van der Waals surface area contributed by atoms with E-state index in [2.05, 4.69) is 11.5 Å². The first-order valence-corrected chi connectivity index (χ1v) is 6.00. The largest absolute Gasteiger partial charge is 0.460 e. The highest BCUT2D eigenvalue weighted by molar-refractivity contribution is 5.88. The van der Waals surface area contributed by atoms with Gasteiger partial charge in [-0.25, -0.2) is 4.79 Å². The predicted molar refractivity (Wildman–Crippen MR) is 69.6 cm³/mol. The Morgan fingerprint density at radius 2 is 1.83 bits per heavy atom. The van der Waals surface area contributed by atoms with Crippen molar-refractivity contribution in [1.29, 1.82) is 0 Å². The van der Waals surface area contributed by atoms with Crippen LogP contribution < -0.4 is 4.90 Å². The fourth-order valence-electron chi connectivity index (χ4n) is 1.79. The first-order chi connectivity index (χ1) is 8.77. The molecule has 4 nitrogen and oxygen atoms in total. The number of rotatable bonds is 1. The van der Waals surface area contributed by atoms with Gasteiger partial charge in [-0.15, -0.1) is 0 Å². The van der Waals surface area contributed by atoms with Crippen molar-refractivity contribution >= 4 is 11.7 Å². The Labute approximate surface area is 107 Å². The minimum absolute atomic E-state index is 0.238. The molecule has 0 radical (unpaired) electrons. The van der Waals surface area contributed by atoms with Crippen molar-refractivity contribution in [1.82, 2.24) is 0 Å². The molecule has 0 unspecified atom stereocenters. The summed E-state index contributed by atoms with van der Waals surface area (Å²) in [6.07, 6.45) is 0. The molecule has 0 amide bonds. The van der Waals surface area contributed by atoms with Crippen LogP contribution in [0.5, 0.6) is 0 Å². The summed E-state index contributed by atoms with van der Waals surface area (Å²) >= 11 is 0. The summed E-state index contributed by atoms with van der Waals surface area (Å²) in [5.41, 5.74) is 1.49. The third-order valence-corrected chi connectivity index (χ3v) is 2.79. The maximum atomic E-state index is 11.5. The molecule has 1 fully saturated rings. The van der Waals surface area contributed by atoms with Gasteiger partial charge in [0.15, 0.2) is 0 Å². The molecule has 18 heavy (non-hydrogen) atoms. The molecule has 4 heteroatoms. The van der Waals surface area contributed by atoms with Crippen molar-refractivity contribution in [2.24, 2.45) is 0 Å². The molecule has 0 atom stereocenters. The van der Waals surface area contributed by atoms with Gasteiger partial charge in [0.25, 0.3) is 0 Å². The second-order valence-electron chi connectivity index (χ2n) is 4.11. The number of carbonyl (C=O) groups excluding carboxylic acids is 1. The van der Waals surface area contributed by atoms with E-state index in [1.165, 1.54) is 0 Å². The quantitative estimate of drug-likeness (QED) is 0.558. The van der Waals surface area contributed by atoms with Gasteiger partial charge in [-0.1, -0.05) is 24.8 Å². The van der Waals surface area contributed by atoms with Crippen LogP contribution in [0.4, 0.5) is 5.69 Å². The van der Waals surface area contributed by atoms with Crippen LogP contribution >= 0.6 is 0 Å². The van der Waals surface area contributed by atoms with Gasteiger partial charge in [0, 0.05) is 12.2 Å². The number of cyclic esters (lactones) is 1. The highest BCUT2D eigenvalue weighted by Crippen LogP contribution is 2.13. The zero-order valence-electron chi connectivity index (χ0n) is 10.3. The average Bonchev–Trinajstić information content (AvgIpc) is 2.41. The van der Waals surface area contributed by atoms with Crippen molar-refractivity contribution in [2.45, 2.75) is 0 Å². The molecule has 1 heterocycles. The highest BCUT2D eigenvalue weighted by atomic mass is 16.5. The second-order valence-corrected chi connectivity index (χ2v) is 4.11. The fraction of sp³-hybridized carbons (Fsp3) is 0.357. The number of ether oxygens (including phenoxy) is 2. The zero-order valence-corrected chi connectivity index (χ0v) is 10.3. The summed E-state index contributed by atoms with van der Waals surface area (Å²) in [7, 11) is 0. The second kappa shape index (κ2) is 6.21. The van der Waals surface area contributed by atoms with Crippen LogP contribution in [0.15, 0.2) is 42.5 Å². The van der Waals surface area contributed by atoms with Crippen LogP contribution in [-0.2, 0) is 14.3 Å². The SMILES string of the molecule is C=C1COCCN(c2ccccc2)CCOC1=O. The topological polar surface area (TPSA) is 38.8 Å². The van der Waals surface area contributed by atoms with E-state index in [1.807, 2.05) is 30.3 Å². The predicted octanol–water partition coefficient (Wildman–Crippen LogP) is 1.62. The number of para-hydroxylation sites is 1. The van der Waals surface area contributed by atoms with Gasteiger partial charge in [0.05, 0.1) is 25.3 Å². The van der Waals surface area contributed by atoms with Gasteiger partial charge in [0.1, 0.15) is 6.61 Å². The summed E-state index contributed by atoms with van der Waals surface area (Å²) in [5.74, 6) is -0.370. The van der Waals surface area contributed by atoms with Crippen LogP contribution in [-0.4, -0.2) is 38.9 Å². The van der Waals surface area contributed by atoms with Gasteiger partial charge >= 0.3 is 5.97 Å². The molecule has 0 N–H and O–H groups in total. The average molecular weight is 247 g/mol. The zero-order chi connectivity index (χ0) is 12.8. The Hall–Kier alpha value is -1.81. The fourth-order valence-corrected chi connectivity index (χ4v) is 1.79. The minimum atomic E-state index is -0.370. The van der Waals surface area contributed by atoms with Crippen molar-refractivity contribution in [2.75, 3.05) is 37.8 Å². The normalized spacial score (nSPS) is 18.3. The lowest BCUT2D eigenvalue weighted by Crippen LogP contribution is -2.33. The number of esters is 1. The lowest BCUT2D eigenvalue weighted by atomic mass is 10.3. The van der Waals surface area contributed by atoms with Crippen molar-refractivity contribution < 1.29 is 14.3 Å². The monoisotopic (exact) mass is 247 g/mol. The number of hydrogen-bond donors (Lipinski definition) is 0. The third kappa shape index (κ3) is 3.34. The molecule has 0 saturated carbocycles. The summed E-state index contributed by atoms with van der Waals surface area (Å²) in [4.78, 5) is 13.6. The van der Waals surface area contributed by atoms with E-state index >= 15 is 0 Å². The summed E-state index contributed by atoms with van der Waals surface area (Å²) < 4.78 is 10.5. The smallest absolute Gasteiger partial charge is 0.335 e. The van der Waals surface area contributed by atoms with Crippen LogP contribution in [0, 0.1) is 0 Å². The molecule has 1 aromatic rings. The molecular formula is C14H17NO3. The Morgan fingerprint density at radius 1 is 1.11 bits per heavy atom. The van der Waals surface area contributed by atoms with Crippen molar-refractivity contribution in [3.05, 3.63) is 42.5 Å². The van der Waals surface area contributed by atoms with E-state index in [1.54, 1.807) is 0 Å². The number of benzene rings is 1. The molecule has 0 aromatic heterocycles. The van der Waals surface area contributed by atoms with Gasteiger partial charge in [0.2, 0.25) is 0 Å². The molecule has 96 valence electrons. The number of nitrogens with zero attached hydrogens (tertiary/aromatic N) is 1. The van der Waals surface area contributed by atoms with E-state index in [-0.39, 0.29) is 12.6 Å². The third-order valence-electron chi connectivity index (χ3n) is 2.79. The Balaban J connectivity index is 2.01. The summed E-state index contributed by atoms with van der Waals surface area (Å²) in [6, 6.07) is 10.0. The number of hydrogen-bond acceptors (Lipinski definition) is 4. The Kier molecular flexibility index (Phi) is 4.36. The van der Waals surface area contributed by atoms with E-state index in [0.717, 1.165) is 12.2 Å². The highest BCUT2D eigenvalue weighted by Gasteiger charge is 2.13. The van der Waals surface area contributed by atoms with Gasteiger partial charge in [-0.05, 0) is 12.1 Å². The number of carbonyl (C=O) groups is 1. The molecule has 1 aromatic carbocycles. The Morgan fingerprint density at radius 3 is 2.61 bits per heavy atom. The Bertz CT molecular complexity index is 416. The molecule has 1 aliphatic heterocycles. The molecule has 1 saturated heterocycles. The first kappa shape index (κ1) is 12.6. The maximum Gasteiger partial charge on any atom is 0.335 e. The minimum Gasteiger partial charge on any atom is -0.460 e. The molecule has 0 spiro atoms. The maximum absolute atomic E-state index is 11.5. The van der Waals surface area contributed by atoms with Gasteiger partial charge in [-0.3, -0.25) is 0 Å². The van der Waals surface area contributed by atoms with Crippen molar-refractivity contribution in [3.8, 4) is 0 Å². The molecule has 1 aliphatic rings. The summed E-state index contributed by atoms with van der Waals surface area (Å²) in [6.45, 7) is 6.24. The van der Waals surface area contributed by atoms with E-state index in [9.17, 15) is 4.79 Å². The van der Waals surface area contributed by atoms with Crippen LogP contribution in [0.1, 0.15) is 0 Å². The molecule has 2 rings (SSSR count). The lowest BCUT2D eigenvalue weighted by Gasteiger charge is -2.25. The van der Waals surface area contributed by atoms with Crippen molar-refractivity contribution in [3.63, 3.8) is 0 Å². The van der Waals surface area contributed by atoms with E-state index in [0.29, 0.717) is 25.3 Å². The van der Waals surface area contributed by atoms with Gasteiger partial charge < -0.3 is 14.4 Å². The van der Waals surface area contributed by atoms with E-state index < -0.39 is 0 Å². The lowest BCUT2D eigenvalue weighted by molar-refractivity contribution is -0.139. The standard InChI is InChI=1S/C14H17NO3/c1-12-11-17-9-7-15(8-10-18-14(12)16)13-5-3-2-4-6-13/h2-6H,1,7-11H2. The first-order valence-electron chi connectivity index (χ1n) is 6.00. The molecule has 0 bridgehead atoms. The van der Waals surface area contributed by atoms with Crippen LogP contribution in [0.25, 0.3) is 0 Å². The van der Waals surface area contributed by atoms with Gasteiger partial charge in [-0.2, -0.15) is 0 Å². The van der Waals surface area contributed by atoms with E-state index in [4.69, 9.17) is 9.47 Å². The number of anilines is 1. The van der Waals surface area contributed by atoms with Crippen LogP contribution in [0.3, 0.4) is 0 Å².